The van der Waals surface area contributed by atoms with Gasteiger partial charge in [-0.25, -0.2) is 9.59 Å². The molecule has 0 atom stereocenters. The Hall–Kier alpha value is -2.96. The van der Waals surface area contributed by atoms with Crippen LogP contribution in [0, 0.1) is 0 Å². The van der Waals surface area contributed by atoms with E-state index in [2.05, 4.69) is 5.32 Å². The number of carbonyl (C=O) groups excluding carboxylic acids is 2. The lowest BCUT2D eigenvalue weighted by molar-refractivity contribution is -0.150. The molecule has 0 spiro atoms. The van der Waals surface area contributed by atoms with Crippen LogP contribution in [0.4, 0.5) is 0 Å². The van der Waals surface area contributed by atoms with E-state index in [0.29, 0.717) is 39.6 Å². The zero-order valence-corrected chi connectivity index (χ0v) is 20.8. The molecule has 0 fully saturated rings. The van der Waals surface area contributed by atoms with Crippen molar-refractivity contribution in [2.45, 2.75) is 72.5 Å². The van der Waals surface area contributed by atoms with E-state index in [1.807, 2.05) is 6.07 Å². The van der Waals surface area contributed by atoms with Gasteiger partial charge in [0.05, 0.1) is 31.3 Å². The predicted octanol–water partition coefficient (Wildman–Crippen LogP) is 4.62. The van der Waals surface area contributed by atoms with E-state index in [0.717, 1.165) is 0 Å². The molecule has 7 heteroatoms. The van der Waals surface area contributed by atoms with Crippen LogP contribution in [0.1, 0.15) is 66.9 Å². The molecule has 32 heavy (non-hydrogen) atoms. The van der Waals surface area contributed by atoms with Gasteiger partial charge < -0.3 is 24.3 Å². The Bertz CT molecular complexity index is 910. The molecule has 0 amide bonds. The Kier molecular flexibility index (Phi) is 7.33. The molecule has 0 saturated heterocycles. The Morgan fingerprint density at radius 1 is 0.781 bits per heavy atom. The summed E-state index contributed by atoms with van der Waals surface area (Å²) in [5.74, 6) is -0.678. The van der Waals surface area contributed by atoms with Crippen molar-refractivity contribution in [1.82, 2.24) is 5.32 Å². The highest BCUT2D eigenvalue weighted by molar-refractivity contribution is 6.00. The van der Waals surface area contributed by atoms with Crippen molar-refractivity contribution < 1.29 is 28.5 Å². The van der Waals surface area contributed by atoms with Gasteiger partial charge in [0.2, 0.25) is 0 Å². The third-order valence-electron chi connectivity index (χ3n) is 4.74. The minimum atomic E-state index is -0.708. The van der Waals surface area contributed by atoms with Gasteiger partial charge in [0.1, 0.15) is 11.2 Å². The lowest BCUT2D eigenvalue weighted by Crippen LogP contribution is -2.36. The summed E-state index contributed by atoms with van der Waals surface area (Å²) in [5, 5.41) is 3.17. The van der Waals surface area contributed by atoms with E-state index in [-0.39, 0.29) is 0 Å². The monoisotopic (exact) mass is 445 g/mol. The molecule has 0 aromatic heterocycles. The van der Waals surface area contributed by atoms with Crippen LogP contribution in [-0.4, -0.2) is 37.4 Å². The number of esters is 2. The molecule has 7 nitrogen and oxygen atoms in total. The first-order valence-corrected chi connectivity index (χ1v) is 10.6. The second-order valence-electron chi connectivity index (χ2n) is 9.75. The molecule has 0 radical (unpaired) electrons. The van der Waals surface area contributed by atoms with Gasteiger partial charge in [-0.2, -0.15) is 0 Å². The summed E-state index contributed by atoms with van der Waals surface area (Å²) in [6, 6.07) is 5.33. The lowest BCUT2D eigenvalue weighted by Gasteiger charge is -2.33. The molecule has 0 saturated carbocycles. The first kappa shape index (κ1) is 25.3. The Morgan fingerprint density at radius 2 is 1.22 bits per heavy atom. The molecule has 0 bridgehead atoms. The fourth-order valence-electron chi connectivity index (χ4n) is 3.57. The fraction of sp³-hybridized carbons (Fsp3) is 0.520. The molecule has 1 aliphatic heterocycles. The van der Waals surface area contributed by atoms with E-state index >= 15 is 0 Å². The molecule has 1 aliphatic rings. The number of dihydropyridines is 1. The summed E-state index contributed by atoms with van der Waals surface area (Å²) in [7, 11) is 3.09. The minimum Gasteiger partial charge on any atom is -0.493 e. The zero-order chi connectivity index (χ0) is 24.4. The molecule has 0 unspecified atom stereocenters. The summed E-state index contributed by atoms with van der Waals surface area (Å²) >= 11 is 0. The minimum absolute atomic E-state index is 0.346. The third kappa shape index (κ3) is 5.84. The number of rotatable bonds is 5. The van der Waals surface area contributed by atoms with Gasteiger partial charge in [0.15, 0.2) is 11.5 Å². The van der Waals surface area contributed by atoms with Gasteiger partial charge >= 0.3 is 11.9 Å². The molecule has 2 rings (SSSR count). The lowest BCUT2D eigenvalue weighted by atomic mass is 9.80. The SMILES string of the molecule is COc1ccc(C2C(C(=O)OC(C)(C)C)=C(C)NC(C)=C2C(=O)OC(C)(C)C)cc1OC. The highest BCUT2D eigenvalue weighted by Gasteiger charge is 2.40. The predicted molar refractivity (Wildman–Crippen MR) is 123 cm³/mol. The van der Waals surface area contributed by atoms with Crippen molar-refractivity contribution in [2.75, 3.05) is 14.2 Å². The highest BCUT2D eigenvalue weighted by Crippen LogP contribution is 2.42. The highest BCUT2D eigenvalue weighted by atomic mass is 16.6. The van der Waals surface area contributed by atoms with Crippen LogP contribution in [0.3, 0.4) is 0 Å². The van der Waals surface area contributed by atoms with Crippen LogP contribution >= 0.6 is 0 Å². The van der Waals surface area contributed by atoms with E-state index in [1.165, 1.54) is 7.11 Å². The van der Waals surface area contributed by atoms with Crippen LogP contribution < -0.4 is 14.8 Å². The Balaban J connectivity index is 2.72. The van der Waals surface area contributed by atoms with Gasteiger partial charge in [-0.15, -0.1) is 0 Å². The molecular weight excluding hydrogens is 410 g/mol. The molecule has 176 valence electrons. The van der Waals surface area contributed by atoms with Crippen molar-refractivity contribution in [3.8, 4) is 11.5 Å². The first-order valence-electron chi connectivity index (χ1n) is 10.6. The number of allylic oxidation sites excluding steroid dienone is 2. The smallest absolute Gasteiger partial charge is 0.337 e. The maximum atomic E-state index is 13.3. The van der Waals surface area contributed by atoms with Crippen molar-refractivity contribution >= 4 is 11.9 Å². The summed E-state index contributed by atoms with van der Waals surface area (Å²) in [4.78, 5) is 26.6. The van der Waals surface area contributed by atoms with Crippen LogP contribution in [0.15, 0.2) is 40.7 Å². The summed E-state index contributed by atoms with van der Waals surface area (Å²) in [5.41, 5.74) is 1.21. The van der Waals surface area contributed by atoms with E-state index in [4.69, 9.17) is 18.9 Å². The standard InChI is InChI=1S/C25H35NO6/c1-14-19(22(27)31-24(3,4)5)21(16-11-12-17(29-9)18(13-16)30-10)20(15(2)26-14)23(28)32-25(6,7)8/h11-13,21,26H,1-10H3. The van der Waals surface area contributed by atoms with Gasteiger partial charge in [0.25, 0.3) is 0 Å². The van der Waals surface area contributed by atoms with E-state index in [1.54, 1.807) is 74.6 Å². The maximum absolute atomic E-state index is 13.3. The van der Waals surface area contributed by atoms with Crippen molar-refractivity contribution in [3.05, 3.63) is 46.3 Å². The van der Waals surface area contributed by atoms with Crippen LogP contribution in [0.5, 0.6) is 11.5 Å². The van der Waals surface area contributed by atoms with Crippen LogP contribution in [0.2, 0.25) is 0 Å². The zero-order valence-electron chi connectivity index (χ0n) is 20.8. The number of benzene rings is 1. The number of hydrogen-bond donors (Lipinski definition) is 1. The topological polar surface area (TPSA) is 83.1 Å². The number of hydrogen-bond acceptors (Lipinski definition) is 7. The first-order chi connectivity index (χ1) is 14.7. The molecule has 0 aliphatic carbocycles. The largest absolute Gasteiger partial charge is 0.493 e. The van der Waals surface area contributed by atoms with Gasteiger partial charge in [-0.3, -0.25) is 0 Å². The van der Waals surface area contributed by atoms with Crippen molar-refractivity contribution in [2.24, 2.45) is 0 Å². The molecule has 1 aromatic rings. The number of methoxy groups -OCH3 is 2. The Morgan fingerprint density at radius 3 is 1.59 bits per heavy atom. The molecule has 1 heterocycles. The number of carbonyl (C=O) groups is 2. The second-order valence-corrected chi connectivity index (χ2v) is 9.75. The third-order valence-corrected chi connectivity index (χ3v) is 4.74. The average molecular weight is 446 g/mol. The van der Waals surface area contributed by atoms with E-state index < -0.39 is 29.1 Å². The normalized spacial score (nSPS) is 15.3. The van der Waals surface area contributed by atoms with Gasteiger partial charge in [0, 0.05) is 11.4 Å². The van der Waals surface area contributed by atoms with Crippen LogP contribution in [-0.2, 0) is 19.1 Å². The maximum Gasteiger partial charge on any atom is 0.337 e. The van der Waals surface area contributed by atoms with Crippen molar-refractivity contribution in [3.63, 3.8) is 0 Å². The van der Waals surface area contributed by atoms with Gasteiger partial charge in [-0.1, -0.05) is 6.07 Å². The second kappa shape index (κ2) is 9.27. The molecule has 1 aromatic carbocycles. The Labute approximate surface area is 190 Å². The van der Waals surface area contributed by atoms with E-state index in [9.17, 15) is 9.59 Å². The number of nitrogens with one attached hydrogen (secondary N) is 1. The summed E-state index contributed by atoms with van der Waals surface area (Å²) in [6.07, 6.45) is 0. The van der Waals surface area contributed by atoms with Crippen LogP contribution in [0.25, 0.3) is 0 Å². The number of ether oxygens (including phenoxy) is 4. The van der Waals surface area contributed by atoms with Crippen molar-refractivity contribution in [1.29, 1.82) is 0 Å². The fourth-order valence-corrected chi connectivity index (χ4v) is 3.57. The quantitative estimate of drug-likeness (QED) is 0.662. The van der Waals surface area contributed by atoms with Gasteiger partial charge in [-0.05, 0) is 73.1 Å². The summed E-state index contributed by atoms with van der Waals surface area (Å²) in [6.45, 7) is 14.4. The molecular formula is C25H35NO6. The average Bonchev–Trinajstić information content (AvgIpc) is 2.63. The molecule has 1 N–H and O–H groups in total. The summed E-state index contributed by atoms with van der Waals surface area (Å²) < 4.78 is 22.2.